The van der Waals surface area contributed by atoms with Gasteiger partial charge in [0.15, 0.2) is 5.78 Å². The summed E-state index contributed by atoms with van der Waals surface area (Å²) in [5.74, 6) is 2.58. The number of carbonyl (C=O) groups excluding carboxylic acids is 2. The minimum atomic E-state index is 0.0384. The first kappa shape index (κ1) is 17.9. The molecular formula is C20H25N5O2. The number of aromatic nitrogens is 3. The van der Waals surface area contributed by atoms with Crippen molar-refractivity contribution in [1.82, 2.24) is 25.0 Å². The summed E-state index contributed by atoms with van der Waals surface area (Å²) >= 11 is 0. The molecule has 1 saturated heterocycles. The molecule has 0 unspecified atom stereocenters. The van der Waals surface area contributed by atoms with Gasteiger partial charge in [-0.05, 0) is 25.0 Å². The molecule has 0 aliphatic carbocycles. The van der Waals surface area contributed by atoms with Crippen LogP contribution in [-0.4, -0.2) is 51.0 Å². The summed E-state index contributed by atoms with van der Waals surface area (Å²) in [5.41, 5.74) is 1.31. The number of ketones is 1. The molecule has 7 nitrogen and oxygen atoms in total. The Bertz CT molecular complexity index is 835. The van der Waals surface area contributed by atoms with Crippen LogP contribution in [0.25, 0.3) is 0 Å². The van der Waals surface area contributed by atoms with Crippen molar-refractivity contribution in [3.63, 3.8) is 0 Å². The predicted octanol–water partition coefficient (Wildman–Crippen LogP) is 1.99. The fourth-order valence-electron chi connectivity index (χ4n) is 3.94. The van der Waals surface area contributed by atoms with Crippen LogP contribution in [0, 0.1) is 0 Å². The van der Waals surface area contributed by atoms with Gasteiger partial charge in [-0.2, -0.15) is 0 Å². The Labute approximate surface area is 158 Å². The van der Waals surface area contributed by atoms with Gasteiger partial charge in [0.2, 0.25) is 0 Å². The monoisotopic (exact) mass is 367 g/mol. The van der Waals surface area contributed by atoms with E-state index in [1.54, 1.807) is 24.3 Å². The molecule has 2 aliphatic rings. The third-order valence-electron chi connectivity index (χ3n) is 5.57. The SMILES string of the molecule is CCC(=O)c1ccc(C(=O)N2CCC(c3nnc4n3CCNC4)CC2)cc1. The second-order valence-corrected chi connectivity index (χ2v) is 7.22. The summed E-state index contributed by atoms with van der Waals surface area (Å²) < 4.78 is 2.24. The van der Waals surface area contributed by atoms with Crippen molar-refractivity contribution in [3.8, 4) is 0 Å². The molecule has 1 aromatic carbocycles. The molecule has 1 fully saturated rings. The van der Waals surface area contributed by atoms with Crippen LogP contribution >= 0.6 is 0 Å². The fraction of sp³-hybridized carbons (Fsp3) is 0.500. The number of rotatable bonds is 4. The Morgan fingerprint density at radius 1 is 1.07 bits per heavy atom. The molecule has 1 N–H and O–H groups in total. The van der Waals surface area contributed by atoms with Crippen molar-refractivity contribution >= 4 is 11.7 Å². The van der Waals surface area contributed by atoms with E-state index in [1.807, 2.05) is 11.8 Å². The highest BCUT2D eigenvalue weighted by Crippen LogP contribution is 2.28. The van der Waals surface area contributed by atoms with E-state index in [0.29, 0.717) is 23.5 Å². The van der Waals surface area contributed by atoms with E-state index in [1.165, 1.54) is 0 Å². The Morgan fingerprint density at radius 2 is 1.78 bits per heavy atom. The van der Waals surface area contributed by atoms with Crippen molar-refractivity contribution in [1.29, 1.82) is 0 Å². The summed E-state index contributed by atoms with van der Waals surface area (Å²) in [4.78, 5) is 26.4. The second-order valence-electron chi connectivity index (χ2n) is 7.22. The van der Waals surface area contributed by atoms with E-state index in [0.717, 1.165) is 57.2 Å². The van der Waals surface area contributed by atoms with Crippen LogP contribution in [0.4, 0.5) is 0 Å². The zero-order valence-electron chi connectivity index (χ0n) is 15.6. The highest BCUT2D eigenvalue weighted by atomic mass is 16.2. The van der Waals surface area contributed by atoms with E-state index < -0.39 is 0 Å². The summed E-state index contributed by atoms with van der Waals surface area (Å²) in [6, 6.07) is 7.03. The van der Waals surface area contributed by atoms with Gasteiger partial charge in [0.25, 0.3) is 5.91 Å². The second kappa shape index (κ2) is 7.60. The van der Waals surface area contributed by atoms with Gasteiger partial charge in [-0.15, -0.1) is 10.2 Å². The number of benzene rings is 1. The number of carbonyl (C=O) groups is 2. The Morgan fingerprint density at radius 3 is 2.48 bits per heavy atom. The number of piperidine rings is 1. The van der Waals surface area contributed by atoms with E-state index in [9.17, 15) is 9.59 Å². The van der Waals surface area contributed by atoms with Crippen molar-refractivity contribution < 1.29 is 9.59 Å². The van der Waals surface area contributed by atoms with Crippen LogP contribution in [0.2, 0.25) is 0 Å². The highest BCUT2D eigenvalue weighted by Gasteiger charge is 2.29. The van der Waals surface area contributed by atoms with Crippen molar-refractivity contribution in [2.24, 2.45) is 0 Å². The lowest BCUT2D eigenvalue weighted by atomic mass is 9.95. The summed E-state index contributed by atoms with van der Waals surface area (Å²) in [6.07, 6.45) is 2.29. The number of nitrogens with one attached hydrogen (secondary N) is 1. The maximum absolute atomic E-state index is 12.8. The number of fused-ring (bicyclic) bond motifs is 1. The van der Waals surface area contributed by atoms with E-state index >= 15 is 0 Å². The first-order valence-electron chi connectivity index (χ1n) is 9.72. The predicted molar refractivity (Wildman–Crippen MR) is 101 cm³/mol. The van der Waals surface area contributed by atoms with E-state index in [-0.39, 0.29) is 11.7 Å². The standard InChI is InChI=1S/C20H25N5O2/c1-2-17(26)14-3-5-16(6-4-14)20(27)24-10-7-15(8-11-24)19-23-22-18-13-21-9-12-25(18)19/h3-6,15,21H,2,7-13H2,1H3. The summed E-state index contributed by atoms with van der Waals surface area (Å²) in [6.45, 7) is 5.93. The quantitative estimate of drug-likeness (QED) is 0.836. The first-order valence-corrected chi connectivity index (χ1v) is 9.72. The van der Waals surface area contributed by atoms with Gasteiger partial charge >= 0.3 is 0 Å². The van der Waals surface area contributed by atoms with Crippen LogP contribution in [0.15, 0.2) is 24.3 Å². The molecule has 2 aliphatic heterocycles. The van der Waals surface area contributed by atoms with Crippen LogP contribution in [0.5, 0.6) is 0 Å². The highest BCUT2D eigenvalue weighted by molar-refractivity contribution is 5.98. The Balaban J connectivity index is 1.39. The number of likely N-dealkylation sites (tertiary alicyclic amines) is 1. The molecule has 142 valence electrons. The minimum absolute atomic E-state index is 0.0384. The van der Waals surface area contributed by atoms with Gasteiger partial charge in [-0.25, -0.2) is 0 Å². The van der Waals surface area contributed by atoms with Crippen molar-refractivity contribution in [2.45, 2.75) is 45.2 Å². The van der Waals surface area contributed by atoms with Gasteiger partial charge in [0.1, 0.15) is 11.6 Å². The molecule has 4 rings (SSSR count). The topological polar surface area (TPSA) is 80.1 Å². The number of nitrogens with zero attached hydrogens (tertiary/aromatic N) is 4. The average molecular weight is 367 g/mol. The normalized spacial score (nSPS) is 17.6. The van der Waals surface area contributed by atoms with Crippen LogP contribution in [0.3, 0.4) is 0 Å². The first-order chi connectivity index (χ1) is 13.2. The zero-order valence-corrected chi connectivity index (χ0v) is 15.6. The number of amides is 1. The number of Topliss-reactive ketones (excluding diaryl/α,β-unsaturated/α-hetero) is 1. The van der Waals surface area contributed by atoms with Gasteiger partial charge in [-0.3, -0.25) is 9.59 Å². The largest absolute Gasteiger partial charge is 0.339 e. The molecule has 0 atom stereocenters. The average Bonchev–Trinajstić information content (AvgIpc) is 3.17. The third-order valence-corrected chi connectivity index (χ3v) is 5.57. The minimum Gasteiger partial charge on any atom is -0.339 e. The third kappa shape index (κ3) is 3.51. The molecule has 1 aromatic heterocycles. The fourth-order valence-corrected chi connectivity index (χ4v) is 3.94. The molecule has 0 radical (unpaired) electrons. The maximum atomic E-state index is 12.8. The van der Waals surface area contributed by atoms with Crippen molar-refractivity contribution in [2.75, 3.05) is 19.6 Å². The summed E-state index contributed by atoms with van der Waals surface area (Å²) in [5, 5.41) is 12.0. The zero-order chi connectivity index (χ0) is 18.8. The molecule has 3 heterocycles. The molecule has 0 saturated carbocycles. The van der Waals surface area contributed by atoms with E-state index in [4.69, 9.17) is 0 Å². The van der Waals surface area contributed by atoms with E-state index in [2.05, 4.69) is 20.1 Å². The molecule has 2 aromatic rings. The van der Waals surface area contributed by atoms with Crippen LogP contribution in [-0.2, 0) is 13.1 Å². The van der Waals surface area contributed by atoms with Gasteiger partial charge in [-0.1, -0.05) is 19.1 Å². The number of hydrogen-bond acceptors (Lipinski definition) is 5. The Hall–Kier alpha value is -2.54. The maximum Gasteiger partial charge on any atom is 0.253 e. The smallest absolute Gasteiger partial charge is 0.253 e. The van der Waals surface area contributed by atoms with Gasteiger partial charge < -0.3 is 14.8 Å². The van der Waals surface area contributed by atoms with Gasteiger partial charge in [0.05, 0.1) is 6.54 Å². The summed E-state index contributed by atoms with van der Waals surface area (Å²) in [7, 11) is 0. The molecule has 0 spiro atoms. The van der Waals surface area contributed by atoms with Crippen molar-refractivity contribution in [3.05, 3.63) is 47.0 Å². The molecular weight excluding hydrogens is 342 g/mol. The molecule has 7 heteroatoms. The lowest BCUT2D eigenvalue weighted by molar-refractivity contribution is 0.0709. The molecule has 27 heavy (non-hydrogen) atoms. The molecule has 0 bridgehead atoms. The number of hydrogen-bond donors (Lipinski definition) is 1. The lowest BCUT2D eigenvalue weighted by Gasteiger charge is -2.32. The Kier molecular flexibility index (Phi) is 5.03. The van der Waals surface area contributed by atoms with Gasteiger partial charge in [0, 0.05) is 49.6 Å². The van der Waals surface area contributed by atoms with Crippen LogP contribution in [0.1, 0.15) is 64.5 Å². The lowest BCUT2D eigenvalue weighted by Crippen LogP contribution is -2.39. The van der Waals surface area contributed by atoms with Crippen LogP contribution < -0.4 is 5.32 Å². The molecule has 1 amide bonds.